The Hall–Kier alpha value is -0.540. The SMILES string of the molecule is CCC(CC)(OC)C(NC)C1=COCCC1. The summed E-state index contributed by atoms with van der Waals surface area (Å²) in [6.07, 6.45) is 6.14. The molecule has 0 amide bonds. The number of hydrogen-bond acceptors (Lipinski definition) is 3. The van der Waals surface area contributed by atoms with Crippen molar-refractivity contribution in [3.05, 3.63) is 11.8 Å². The van der Waals surface area contributed by atoms with Gasteiger partial charge < -0.3 is 14.8 Å². The van der Waals surface area contributed by atoms with E-state index in [1.54, 1.807) is 0 Å². The van der Waals surface area contributed by atoms with E-state index in [1.807, 2.05) is 20.4 Å². The Morgan fingerprint density at radius 1 is 1.50 bits per heavy atom. The molecule has 0 radical (unpaired) electrons. The molecule has 94 valence electrons. The zero-order valence-electron chi connectivity index (χ0n) is 11.0. The van der Waals surface area contributed by atoms with Crippen LogP contribution in [0.5, 0.6) is 0 Å². The molecule has 1 unspecified atom stereocenters. The maximum Gasteiger partial charge on any atom is 0.0876 e. The van der Waals surface area contributed by atoms with Crippen molar-refractivity contribution in [2.45, 2.75) is 51.2 Å². The number of rotatable bonds is 6. The Morgan fingerprint density at radius 3 is 2.56 bits per heavy atom. The normalized spacial score (nSPS) is 18.9. The third-order valence-corrected chi connectivity index (χ3v) is 3.75. The molecule has 1 aliphatic rings. The molecule has 16 heavy (non-hydrogen) atoms. The Morgan fingerprint density at radius 2 is 2.19 bits per heavy atom. The molecule has 3 nitrogen and oxygen atoms in total. The van der Waals surface area contributed by atoms with Crippen molar-refractivity contribution in [2.75, 3.05) is 20.8 Å². The lowest BCUT2D eigenvalue weighted by Crippen LogP contribution is -2.51. The molecule has 0 saturated heterocycles. The molecule has 0 fully saturated rings. The first-order chi connectivity index (χ1) is 7.74. The fourth-order valence-electron chi connectivity index (χ4n) is 2.65. The lowest BCUT2D eigenvalue weighted by molar-refractivity contribution is -0.0385. The molecule has 1 rings (SSSR count). The predicted molar refractivity (Wildman–Crippen MR) is 66.4 cm³/mol. The van der Waals surface area contributed by atoms with Crippen LogP contribution in [0.1, 0.15) is 39.5 Å². The third kappa shape index (κ3) is 2.58. The molecule has 0 bridgehead atoms. The van der Waals surface area contributed by atoms with Gasteiger partial charge in [0.1, 0.15) is 0 Å². The quantitative estimate of drug-likeness (QED) is 0.756. The van der Waals surface area contributed by atoms with E-state index in [0.717, 1.165) is 32.3 Å². The topological polar surface area (TPSA) is 30.5 Å². The molecule has 0 saturated carbocycles. The van der Waals surface area contributed by atoms with Gasteiger partial charge in [0.25, 0.3) is 0 Å². The van der Waals surface area contributed by atoms with Crippen molar-refractivity contribution in [3.8, 4) is 0 Å². The second-order valence-electron chi connectivity index (χ2n) is 4.36. The second kappa shape index (κ2) is 6.26. The Balaban J connectivity index is 2.89. The van der Waals surface area contributed by atoms with Gasteiger partial charge in [0.15, 0.2) is 0 Å². The Bertz CT molecular complexity index is 226. The highest BCUT2D eigenvalue weighted by Gasteiger charge is 2.37. The van der Waals surface area contributed by atoms with Gasteiger partial charge >= 0.3 is 0 Å². The van der Waals surface area contributed by atoms with Crippen LogP contribution < -0.4 is 5.32 Å². The van der Waals surface area contributed by atoms with Gasteiger partial charge in [-0.05, 0) is 38.3 Å². The highest BCUT2D eigenvalue weighted by atomic mass is 16.5. The monoisotopic (exact) mass is 227 g/mol. The number of ether oxygens (including phenoxy) is 2. The summed E-state index contributed by atoms with van der Waals surface area (Å²) >= 11 is 0. The van der Waals surface area contributed by atoms with Crippen molar-refractivity contribution in [1.82, 2.24) is 5.32 Å². The first-order valence-corrected chi connectivity index (χ1v) is 6.27. The van der Waals surface area contributed by atoms with Crippen LogP contribution in [0.15, 0.2) is 11.8 Å². The van der Waals surface area contributed by atoms with E-state index in [-0.39, 0.29) is 11.6 Å². The van der Waals surface area contributed by atoms with Crippen molar-refractivity contribution in [2.24, 2.45) is 0 Å². The van der Waals surface area contributed by atoms with Crippen LogP contribution >= 0.6 is 0 Å². The minimum Gasteiger partial charge on any atom is -0.501 e. The van der Waals surface area contributed by atoms with Crippen molar-refractivity contribution in [3.63, 3.8) is 0 Å². The molecule has 0 aromatic rings. The van der Waals surface area contributed by atoms with Crippen LogP contribution in [-0.2, 0) is 9.47 Å². The molecule has 0 aromatic heterocycles. The van der Waals surface area contributed by atoms with Gasteiger partial charge in [-0.2, -0.15) is 0 Å². The molecule has 0 spiro atoms. The fourth-order valence-corrected chi connectivity index (χ4v) is 2.65. The summed E-state index contributed by atoms with van der Waals surface area (Å²) in [7, 11) is 3.81. The molecule has 3 heteroatoms. The van der Waals surface area contributed by atoms with Crippen LogP contribution in [0.4, 0.5) is 0 Å². The Kier molecular flexibility index (Phi) is 5.29. The van der Waals surface area contributed by atoms with Gasteiger partial charge in [-0.15, -0.1) is 0 Å². The van der Waals surface area contributed by atoms with Crippen LogP contribution in [0.3, 0.4) is 0 Å². The van der Waals surface area contributed by atoms with E-state index < -0.39 is 0 Å². The van der Waals surface area contributed by atoms with E-state index in [2.05, 4.69) is 19.2 Å². The smallest absolute Gasteiger partial charge is 0.0876 e. The zero-order chi connectivity index (χ0) is 12.0. The number of methoxy groups -OCH3 is 1. The van der Waals surface area contributed by atoms with E-state index >= 15 is 0 Å². The summed E-state index contributed by atoms with van der Waals surface area (Å²) in [5, 5.41) is 3.39. The summed E-state index contributed by atoms with van der Waals surface area (Å²) in [4.78, 5) is 0. The minimum atomic E-state index is -0.110. The van der Waals surface area contributed by atoms with E-state index in [1.165, 1.54) is 5.57 Å². The number of nitrogens with one attached hydrogen (secondary N) is 1. The van der Waals surface area contributed by atoms with Crippen molar-refractivity contribution >= 4 is 0 Å². The molecule has 1 N–H and O–H groups in total. The summed E-state index contributed by atoms with van der Waals surface area (Å²) < 4.78 is 11.2. The van der Waals surface area contributed by atoms with Gasteiger partial charge in [-0.1, -0.05) is 13.8 Å². The minimum absolute atomic E-state index is 0.110. The number of likely N-dealkylation sites (N-methyl/N-ethyl adjacent to an activating group) is 1. The average Bonchev–Trinajstić information content (AvgIpc) is 2.37. The summed E-state index contributed by atoms with van der Waals surface area (Å²) in [6, 6.07) is 0.257. The number of hydrogen-bond donors (Lipinski definition) is 1. The van der Waals surface area contributed by atoms with Crippen molar-refractivity contribution < 1.29 is 9.47 Å². The van der Waals surface area contributed by atoms with Gasteiger partial charge in [0.05, 0.1) is 24.5 Å². The summed E-state index contributed by atoms with van der Waals surface area (Å²) in [5.41, 5.74) is 1.22. The molecule has 1 atom stereocenters. The lowest BCUT2D eigenvalue weighted by atomic mass is 9.82. The molecule has 0 aliphatic carbocycles. The largest absolute Gasteiger partial charge is 0.501 e. The van der Waals surface area contributed by atoms with E-state index in [4.69, 9.17) is 9.47 Å². The van der Waals surface area contributed by atoms with E-state index in [0.29, 0.717) is 0 Å². The van der Waals surface area contributed by atoms with Gasteiger partial charge in [0.2, 0.25) is 0 Å². The van der Waals surface area contributed by atoms with Crippen LogP contribution in [0.25, 0.3) is 0 Å². The maximum atomic E-state index is 5.78. The molecular formula is C13H25NO2. The molecule has 1 aliphatic heterocycles. The Labute approximate surface area is 99.2 Å². The summed E-state index contributed by atoms with van der Waals surface area (Å²) in [5.74, 6) is 0. The zero-order valence-corrected chi connectivity index (χ0v) is 11.0. The first-order valence-electron chi connectivity index (χ1n) is 6.27. The maximum absolute atomic E-state index is 5.78. The average molecular weight is 227 g/mol. The molecular weight excluding hydrogens is 202 g/mol. The second-order valence-corrected chi connectivity index (χ2v) is 4.36. The predicted octanol–water partition coefficient (Wildman–Crippen LogP) is 2.47. The van der Waals surface area contributed by atoms with E-state index in [9.17, 15) is 0 Å². The highest BCUT2D eigenvalue weighted by molar-refractivity contribution is 5.16. The van der Waals surface area contributed by atoms with Gasteiger partial charge in [-0.25, -0.2) is 0 Å². The lowest BCUT2D eigenvalue weighted by Gasteiger charge is -2.40. The van der Waals surface area contributed by atoms with Crippen LogP contribution in [0.2, 0.25) is 0 Å². The first kappa shape index (κ1) is 13.5. The van der Waals surface area contributed by atoms with Crippen LogP contribution in [-0.4, -0.2) is 32.4 Å². The fraction of sp³-hybridized carbons (Fsp3) is 0.846. The van der Waals surface area contributed by atoms with Gasteiger partial charge in [0, 0.05) is 7.11 Å². The highest BCUT2D eigenvalue weighted by Crippen LogP contribution is 2.31. The van der Waals surface area contributed by atoms with Gasteiger partial charge in [-0.3, -0.25) is 0 Å². The van der Waals surface area contributed by atoms with Crippen molar-refractivity contribution in [1.29, 1.82) is 0 Å². The standard InChI is InChI=1S/C13H25NO2/c1-5-13(6-2,15-4)12(14-3)11-8-7-9-16-10-11/h10,12,14H,5-9H2,1-4H3. The molecule has 0 aromatic carbocycles. The van der Waals surface area contributed by atoms with Crippen LogP contribution in [0, 0.1) is 0 Å². The third-order valence-electron chi connectivity index (χ3n) is 3.75. The molecule has 1 heterocycles. The summed E-state index contributed by atoms with van der Waals surface area (Å²) in [6.45, 7) is 5.21.